The fourth-order valence-corrected chi connectivity index (χ4v) is 12.3. The molecule has 0 aromatic heterocycles. The predicted molar refractivity (Wildman–Crippen MR) is 300 cm³/mol. The molecule has 4 aliphatic heterocycles. The van der Waals surface area contributed by atoms with Crippen molar-refractivity contribution in [3.63, 3.8) is 0 Å². The number of hydrogen-bond donors (Lipinski definition) is 14. The number of likely N-dealkylation sites (tertiary alicyclic amines) is 1. The van der Waals surface area contributed by atoms with Crippen molar-refractivity contribution in [1.82, 2.24) is 36.0 Å². The van der Waals surface area contributed by atoms with E-state index in [1.165, 1.54) is 83.1 Å². The summed E-state index contributed by atoms with van der Waals surface area (Å²) in [5.74, 6) is -5.60. The van der Waals surface area contributed by atoms with Crippen LogP contribution < -0.4 is 31.3 Å². The molecule has 3 aromatic carbocycles. The van der Waals surface area contributed by atoms with Crippen LogP contribution in [0.2, 0.25) is 0 Å². The molecule has 15 unspecified atom stereocenters. The first kappa shape index (κ1) is 62.6. The molecule has 8 rings (SSSR count). The first-order valence-corrected chi connectivity index (χ1v) is 29.0. The van der Waals surface area contributed by atoms with Gasteiger partial charge in [0.15, 0.2) is 6.23 Å². The molecule has 0 bridgehead atoms. The Kier molecular flexibility index (Phi) is 21.1. The minimum absolute atomic E-state index is 0.0515. The van der Waals surface area contributed by atoms with Crippen LogP contribution in [-0.2, 0) is 28.8 Å². The van der Waals surface area contributed by atoms with Crippen molar-refractivity contribution in [2.45, 2.75) is 164 Å². The molecule has 83 heavy (non-hydrogen) atoms. The molecule has 24 heteroatoms. The summed E-state index contributed by atoms with van der Waals surface area (Å²) in [4.78, 5) is 90.4. The number of fused-ring (bicyclic) bond motifs is 2. The first-order valence-electron chi connectivity index (χ1n) is 29.0. The van der Waals surface area contributed by atoms with E-state index in [-0.39, 0.29) is 17.9 Å². The number of anilines is 1. The normalized spacial score (nSPS) is 30.4. The minimum Gasteiger partial charge on any atom is -0.508 e. The highest BCUT2D eigenvalue weighted by Gasteiger charge is 2.50. The molecule has 0 radical (unpaired) electrons. The average Bonchev–Trinajstić information content (AvgIpc) is 4.28. The van der Waals surface area contributed by atoms with Crippen molar-refractivity contribution in [3.8, 4) is 22.6 Å². The second kappa shape index (κ2) is 27.9. The number of piperidine rings is 1. The number of carbonyl (C=O) groups is 6. The number of carbonyl (C=O) groups excluding carboxylic acids is 6. The lowest BCUT2D eigenvalue weighted by Crippen LogP contribution is -2.64. The quantitative estimate of drug-likeness (QED) is 0.0995. The lowest BCUT2D eigenvalue weighted by Gasteiger charge is -2.37. The van der Waals surface area contributed by atoms with Gasteiger partial charge >= 0.3 is 0 Å². The van der Waals surface area contributed by atoms with Gasteiger partial charge < -0.3 is 87.1 Å². The van der Waals surface area contributed by atoms with E-state index in [1.54, 1.807) is 24.3 Å². The number of rotatable bonds is 13. The van der Waals surface area contributed by atoms with Crippen molar-refractivity contribution in [2.75, 3.05) is 44.6 Å². The van der Waals surface area contributed by atoms with Crippen LogP contribution in [0.1, 0.15) is 90.2 Å². The molecule has 0 spiro atoms. The molecular formula is C59H82N8O16. The maximum atomic E-state index is 14.5. The Morgan fingerprint density at radius 2 is 1.19 bits per heavy atom. The van der Waals surface area contributed by atoms with E-state index in [2.05, 4.69) is 31.5 Å². The third kappa shape index (κ3) is 15.3. The SMILES string of the molecule is CC(O)C1NC(=O)C(Nc2ccc(-c3ccc(OCCN4CCC(C5CCCCC5)CC4)cc3)cc2)CC(O)C(O)NC(=O)C2C(O)C(C)CN2C(=O)C(C(C)O)NC(=O)C(C(O)C(O)c2ccc(O)cc2)NC(=O)C2CC(O)CN2C1=O. The van der Waals surface area contributed by atoms with E-state index in [0.29, 0.717) is 12.3 Å². The smallest absolute Gasteiger partial charge is 0.248 e. The van der Waals surface area contributed by atoms with Crippen molar-refractivity contribution in [3.05, 3.63) is 78.4 Å². The molecule has 3 aromatic rings. The van der Waals surface area contributed by atoms with Gasteiger partial charge in [-0.05, 0) is 105 Å². The van der Waals surface area contributed by atoms with E-state index < -0.39 is 146 Å². The summed E-state index contributed by atoms with van der Waals surface area (Å²) in [6.07, 6.45) is -6.67. The molecule has 5 aliphatic rings. The fraction of sp³-hybridized carbons (Fsp3) is 0.593. The maximum absolute atomic E-state index is 14.5. The van der Waals surface area contributed by atoms with Gasteiger partial charge in [0.1, 0.15) is 72.7 Å². The molecule has 454 valence electrons. The zero-order valence-corrected chi connectivity index (χ0v) is 47.1. The Morgan fingerprint density at radius 3 is 1.81 bits per heavy atom. The molecule has 1 saturated carbocycles. The van der Waals surface area contributed by atoms with Crippen LogP contribution in [0.25, 0.3) is 11.1 Å². The lowest BCUT2D eigenvalue weighted by atomic mass is 9.76. The van der Waals surface area contributed by atoms with Gasteiger partial charge in [0.25, 0.3) is 0 Å². The Bertz CT molecular complexity index is 2690. The maximum Gasteiger partial charge on any atom is 0.248 e. The van der Waals surface area contributed by atoms with Gasteiger partial charge in [-0.3, -0.25) is 33.7 Å². The van der Waals surface area contributed by atoms with Crippen LogP contribution in [0.4, 0.5) is 5.69 Å². The Hall–Kier alpha value is -6.48. The number of phenolic OH excluding ortho intramolecular Hbond substituents is 1. The van der Waals surface area contributed by atoms with Crippen molar-refractivity contribution in [2.24, 2.45) is 17.8 Å². The van der Waals surface area contributed by atoms with E-state index in [0.717, 1.165) is 65.1 Å². The fourth-order valence-electron chi connectivity index (χ4n) is 12.3. The first-order chi connectivity index (χ1) is 39.6. The largest absolute Gasteiger partial charge is 0.508 e. The van der Waals surface area contributed by atoms with Crippen molar-refractivity contribution in [1.29, 1.82) is 0 Å². The molecule has 15 atom stereocenters. The molecule has 14 N–H and O–H groups in total. The summed E-state index contributed by atoms with van der Waals surface area (Å²) in [5, 5.41) is 112. The van der Waals surface area contributed by atoms with Gasteiger partial charge in [-0.25, -0.2) is 0 Å². The van der Waals surface area contributed by atoms with Crippen molar-refractivity contribution >= 4 is 41.1 Å². The molecule has 6 amide bonds. The lowest BCUT2D eigenvalue weighted by molar-refractivity contribution is -0.148. The minimum atomic E-state index is -2.26. The number of aromatic hydroxyl groups is 1. The van der Waals surface area contributed by atoms with Gasteiger partial charge in [-0.2, -0.15) is 0 Å². The number of benzene rings is 3. The summed E-state index contributed by atoms with van der Waals surface area (Å²) in [6.45, 7) is 6.51. The summed E-state index contributed by atoms with van der Waals surface area (Å²) in [5.41, 5.74) is 1.90. The zero-order valence-electron chi connectivity index (χ0n) is 47.1. The number of nitrogens with zero attached hydrogens (tertiary/aromatic N) is 3. The number of aliphatic hydroxyl groups excluding tert-OH is 8. The number of hydrogen-bond acceptors (Lipinski definition) is 18. The number of phenols is 1. The monoisotopic (exact) mass is 1160 g/mol. The summed E-state index contributed by atoms with van der Waals surface area (Å²) >= 11 is 0. The molecule has 4 heterocycles. The summed E-state index contributed by atoms with van der Waals surface area (Å²) < 4.78 is 6.13. The number of aliphatic hydroxyl groups is 8. The van der Waals surface area contributed by atoms with E-state index in [9.17, 15) is 74.7 Å². The van der Waals surface area contributed by atoms with Crippen LogP contribution in [-0.4, -0.2) is 215 Å². The number of ether oxygens (including phenoxy) is 1. The van der Waals surface area contributed by atoms with Gasteiger partial charge in [0, 0.05) is 44.1 Å². The zero-order chi connectivity index (χ0) is 59.8. The van der Waals surface area contributed by atoms with Gasteiger partial charge in [-0.15, -0.1) is 0 Å². The van der Waals surface area contributed by atoms with Crippen LogP contribution in [0.3, 0.4) is 0 Å². The number of nitrogens with one attached hydrogen (secondary N) is 5. The summed E-state index contributed by atoms with van der Waals surface area (Å²) in [6, 6.07) is 8.15. The highest BCUT2D eigenvalue weighted by molar-refractivity contribution is 5.98. The standard InChI is InChI=1S/C59H82N8O16/c1-31-29-67-49(50(31)73)57(80)64-55(78)45(72)28-43(60-39-15-9-35(10-16-39)36-13-19-42(20-14-36)83-26-25-65-23-21-37(22-24-65)34-7-5-4-6-8-34)53(76)61-46(32(2)68)58(81)66-30-41(71)27-44(66)54(77)63-48(56(79)62-47(33(3)69)59(67)82)52(75)51(74)38-11-17-40(70)18-12-38/h9-20,31-34,37,41,43-52,55,60,68-75,78H,4-8,21-30H2,1-3H3,(H,61,76)(H,62,79)(H,63,77)(H,64,80). The Balaban J connectivity index is 1.02. The van der Waals surface area contributed by atoms with E-state index >= 15 is 0 Å². The second-order valence-corrected chi connectivity index (χ2v) is 23.2. The summed E-state index contributed by atoms with van der Waals surface area (Å²) in [7, 11) is 0. The Morgan fingerprint density at radius 1 is 0.627 bits per heavy atom. The topological polar surface area (TPSA) is 364 Å². The average molecular weight is 1160 g/mol. The molecule has 24 nitrogen and oxygen atoms in total. The van der Waals surface area contributed by atoms with Gasteiger partial charge in [0.05, 0.1) is 24.4 Å². The van der Waals surface area contributed by atoms with Crippen LogP contribution in [0.5, 0.6) is 11.5 Å². The van der Waals surface area contributed by atoms with Gasteiger partial charge in [0.2, 0.25) is 35.4 Å². The van der Waals surface area contributed by atoms with E-state index in [1.807, 2.05) is 24.3 Å². The molecule has 5 fully saturated rings. The molecular weight excluding hydrogens is 1080 g/mol. The van der Waals surface area contributed by atoms with Crippen LogP contribution in [0.15, 0.2) is 72.8 Å². The van der Waals surface area contributed by atoms with Crippen LogP contribution in [0, 0.1) is 17.8 Å². The van der Waals surface area contributed by atoms with Gasteiger partial charge in [-0.1, -0.05) is 75.4 Å². The highest BCUT2D eigenvalue weighted by Crippen LogP contribution is 2.36. The predicted octanol–water partition coefficient (Wildman–Crippen LogP) is -0.810. The molecule has 4 saturated heterocycles. The highest BCUT2D eigenvalue weighted by atomic mass is 16.5. The van der Waals surface area contributed by atoms with E-state index in [4.69, 9.17) is 4.74 Å². The second-order valence-electron chi connectivity index (χ2n) is 23.2. The third-order valence-electron chi connectivity index (χ3n) is 17.2. The Labute approximate surface area is 482 Å². The molecule has 1 aliphatic carbocycles. The van der Waals surface area contributed by atoms with Crippen molar-refractivity contribution < 1.29 is 79.5 Å². The van der Waals surface area contributed by atoms with Crippen LogP contribution >= 0.6 is 0 Å². The third-order valence-corrected chi connectivity index (χ3v) is 17.2. The number of amides is 6.